The van der Waals surface area contributed by atoms with Gasteiger partial charge in [-0.3, -0.25) is 0 Å². The summed E-state index contributed by atoms with van der Waals surface area (Å²) in [6, 6.07) is 43.5. The van der Waals surface area contributed by atoms with E-state index in [0.29, 0.717) is 0 Å². The Labute approximate surface area is 246 Å². The van der Waals surface area contributed by atoms with Gasteiger partial charge in [0.15, 0.2) is 0 Å². The summed E-state index contributed by atoms with van der Waals surface area (Å²) in [6.45, 7) is 2.19. The molecule has 8 rings (SSSR count). The van der Waals surface area contributed by atoms with Gasteiger partial charge in [0.1, 0.15) is 5.76 Å². The van der Waals surface area contributed by atoms with Crippen LogP contribution in [0.4, 0.5) is 28.4 Å². The van der Waals surface area contributed by atoms with E-state index in [-0.39, 0.29) is 5.92 Å². The van der Waals surface area contributed by atoms with Crippen LogP contribution in [0.3, 0.4) is 0 Å². The highest BCUT2D eigenvalue weighted by atomic mass is 16.3. The number of hydrogen-bond donors (Lipinski definition) is 0. The molecule has 0 saturated carbocycles. The first kappa shape index (κ1) is 24.5. The first-order chi connectivity index (χ1) is 20.7. The van der Waals surface area contributed by atoms with Crippen molar-refractivity contribution in [2.45, 2.75) is 19.3 Å². The summed E-state index contributed by atoms with van der Waals surface area (Å²) in [5, 5.41) is 2.47. The van der Waals surface area contributed by atoms with Gasteiger partial charge in [-0.2, -0.15) is 0 Å². The fraction of sp³-hybridized carbons (Fsp3) is 0.0769. The van der Waals surface area contributed by atoms with E-state index < -0.39 is 0 Å². The predicted molar refractivity (Wildman–Crippen MR) is 175 cm³/mol. The summed E-state index contributed by atoms with van der Waals surface area (Å²) >= 11 is 0. The molecule has 2 bridgehead atoms. The highest BCUT2D eigenvalue weighted by Gasteiger charge is 2.29. The van der Waals surface area contributed by atoms with Gasteiger partial charge in [-0.05, 0) is 88.6 Å². The molecule has 2 heterocycles. The fourth-order valence-corrected chi connectivity index (χ4v) is 6.41. The van der Waals surface area contributed by atoms with Crippen molar-refractivity contribution in [3.05, 3.63) is 162 Å². The molecule has 0 spiro atoms. The monoisotopic (exact) mass is 542 g/mol. The minimum atomic E-state index is 0.201. The van der Waals surface area contributed by atoms with Crippen molar-refractivity contribution in [1.29, 1.82) is 0 Å². The molecule has 3 nitrogen and oxygen atoms in total. The lowest BCUT2D eigenvalue weighted by atomic mass is 9.97. The SMILES string of the molecule is CC1/C=C\c2cccc3c2C/C(=C\c2ccoc21)N3c1ccc(N(c2ccccc2)c2ccc3ccccc3c2)cc1. The van der Waals surface area contributed by atoms with Crippen LogP contribution >= 0.6 is 0 Å². The van der Waals surface area contributed by atoms with Crippen molar-refractivity contribution in [2.75, 3.05) is 9.80 Å². The summed E-state index contributed by atoms with van der Waals surface area (Å²) in [5.41, 5.74) is 10.8. The Balaban J connectivity index is 1.24. The third kappa shape index (κ3) is 4.13. The number of allylic oxidation sites excluding steroid dienone is 2. The molecule has 0 amide bonds. The topological polar surface area (TPSA) is 19.6 Å². The van der Waals surface area contributed by atoms with Crippen LogP contribution in [0, 0.1) is 0 Å². The maximum atomic E-state index is 5.94. The van der Waals surface area contributed by atoms with E-state index in [1.807, 2.05) is 0 Å². The number of fused-ring (bicyclic) bond motifs is 3. The molecule has 0 fully saturated rings. The van der Waals surface area contributed by atoms with Crippen molar-refractivity contribution in [3.8, 4) is 0 Å². The zero-order valence-corrected chi connectivity index (χ0v) is 23.4. The molecular formula is C39H30N2O. The van der Waals surface area contributed by atoms with Crippen molar-refractivity contribution in [3.63, 3.8) is 0 Å². The zero-order chi connectivity index (χ0) is 28.0. The Morgan fingerprint density at radius 1 is 0.690 bits per heavy atom. The largest absolute Gasteiger partial charge is 0.468 e. The number of rotatable bonds is 4. The van der Waals surface area contributed by atoms with Crippen LogP contribution in [0.25, 0.3) is 22.9 Å². The lowest BCUT2D eigenvalue weighted by Crippen LogP contribution is -2.13. The van der Waals surface area contributed by atoms with Gasteiger partial charge in [-0.1, -0.05) is 79.7 Å². The molecule has 0 radical (unpaired) electrons. The highest BCUT2D eigenvalue weighted by molar-refractivity contribution is 5.90. The lowest BCUT2D eigenvalue weighted by Gasteiger charge is -2.27. The molecule has 202 valence electrons. The minimum absolute atomic E-state index is 0.201. The molecule has 3 heteroatoms. The molecule has 1 aliphatic carbocycles. The van der Waals surface area contributed by atoms with Gasteiger partial charge in [0.25, 0.3) is 0 Å². The van der Waals surface area contributed by atoms with E-state index in [0.717, 1.165) is 40.5 Å². The van der Waals surface area contributed by atoms with Crippen molar-refractivity contribution in [2.24, 2.45) is 0 Å². The smallest absolute Gasteiger partial charge is 0.117 e. The van der Waals surface area contributed by atoms with Crippen LogP contribution in [-0.4, -0.2) is 0 Å². The molecule has 1 atom stereocenters. The number of hydrogen-bond acceptors (Lipinski definition) is 3. The number of para-hydroxylation sites is 1. The first-order valence-corrected chi connectivity index (χ1v) is 14.6. The molecule has 1 aliphatic heterocycles. The molecule has 1 unspecified atom stereocenters. The third-order valence-electron chi connectivity index (χ3n) is 8.47. The fourth-order valence-electron chi connectivity index (χ4n) is 6.41. The zero-order valence-electron chi connectivity index (χ0n) is 23.4. The third-order valence-corrected chi connectivity index (χ3v) is 8.47. The molecule has 0 saturated heterocycles. The number of anilines is 5. The van der Waals surface area contributed by atoms with Crippen molar-refractivity contribution >= 4 is 51.4 Å². The molecule has 6 aromatic rings. The molecular weight excluding hydrogens is 512 g/mol. The Morgan fingerprint density at radius 3 is 2.31 bits per heavy atom. The van der Waals surface area contributed by atoms with Gasteiger partial charge in [0.2, 0.25) is 0 Å². The van der Waals surface area contributed by atoms with Crippen molar-refractivity contribution < 1.29 is 4.42 Å². The molecule has 1 aromatic heterocycles. The van der Waals surface area contributed by atoms with E-state index in [1.54, 1.807) is 6.26 Å². The van der Waals surface area contributed by atoms with Gasteiger partial charge in [-0.15, -0.1) is 0 Å². The molecule has 2 aliphatic rings. The first-order valence-electron chi connectivity index (χ1n) is 14.6. The summed E-state index contributed by atoms with van der Waals surface area (Å²) in [5.74, 6) is 1.21. The van der Waals surface area contributed by atoms with Gasteiger partial charge in [0, 0.05) is 52.0 Å². The predicted octanol–water partition coefficient (Wildman–Crippen LogP) is 10.8. The molecule has 5 aromatic carbocycles. The lowest BCUT2D eigenvalue weighted by molar-refractivity contribution is 0.499. The maximum absolute atomic E-state index is 5.94. The van der Waals surface area contributed by atoms with Gasteiger partial charge in [0.05, 0.1) is 6.26 Å². The summed E-state index contributed by atoms with van der Waals surface area (Å²) < 4.78 is 5.94. The standard InChI is InChI=1S/C39H30N2O/c1-27-14-15-29-10-7-13-38-37(29)26-36(25-31-22-23-42-39(27)31)41(38)34-20-18-33(19-21-34)40(32-11-3-2-4-12-32)35-17-16-28-8-5-6-9-30(28)24-35/h2-25,27H,26H2,1H3/b15-14-,36-25+. The second-order valence-electron chi connectivity index (χ2n) is 11.1. The second kappa shape index (κ2) is 9.97. The van der Waals surface area contributed by atoms with E-state index in [9.17, 15) is 0 Å². The van der Waals surface area contributed by atoms with Gasteiger partial charge >= 0.3 is 0 Å². The highest BCUT2D eigenvalue weighted by Crippen LogP contribution is 2.45. The van der Waals surface area contributed by atoms with E-state index >= 15 is 0 Å². The minimum Gasteiger partial charge on any atom is -0.468 e. The van der Waals surface area contributed by atoms with Gasteiger partial charge in [-0.25, -0.2) is 0 Å². The quantitative estimate of drug-likeness (QED) is 0.221. The van der Waals surface area contributed by atoms with E-state index in [1.165, 1.54) is 33.3 Å². The van der Waals surface area contributed by atoms with Crippen LogP contribution in [0.1, 0.15) is 35.3 Å². The van der Waals surface area contributed by atoms with Crippen LogP contribution < -0.4 is 9.80 Å². The normalized spacial score (nSPS) is 17.4. The molecule has 42 heavy (non-hydrogen) atoms. The van der Waals surface area contributed by atoms with Crippen LogP contribution in [0.15, 0.2) is 144 Å². The second-order valence-corrected chi connectivity index (χ2v) is 11.1. The van der Waals surface area contributed by atoms with Gasteiger partial charge < -0.3 is 14.2 Å². The Kier molecular flexibility index (Phi) is 5.82. The Morgan fingerprint density at radius 2 is 1.45 bits per heavy atom. The average molecular weight is 543 g/mol. The molecule has 0 N–H and O–H groups in total. The van der Waals surface area contributed by atoms with Crippen LogP contribution in [0.2, 0.25) is 0 Å². The number of nitrogens with zero attached hydrogens (tertiary/aromatic N) is 2. The summed E-state index contributed by atoms with van der Waals surface area (Å²) in [4.78, 5) is 4.74. The Bertz CT molecular complexity index is 1980. The summed E-state index contributed by atoms with van der Waals surface area (Å²) in [6.07, 6.45) is 9.49. The van der Waals surface area contributed by atoms with E-state index in [2.05, 4.69) is 156 Å². The van der Waals surface area contributed by atoms with Crippen LogP contribution in [-0.2, 0) is 6.42 Å². The number of benzene rings is 5. The average Bonchev–Trinajstić information content (AvgIpc) is 3.65. The number of furan rings is 1. The van der Waals surface area contributed by atoms with Crippen LogP contribution in [0.5, 0.6) is 0 Å². The van der Waals surface area contributed by atoms with Crippen molar-refractivity contribution in [1.82, 2.24) is 0 Å². The van der Waals surface area contributed by atoms with E-state index in [4.69, 9.17) is 4.42 Å². The Hall–Kier alpha value is -5.28. The summed E-state index contributed by atoms with van der Waals surface area (Å²) in [7, 11) is 0. The maximum Gasteiger partial charge on any atom is 0.117 e.